The lowest BCUT2D eigenvalue weighted by molar-refractivity contribution is -0.116. The van der Waals surface area contributed by atoms with E-state index in [1.54, 1.807) is 24.9 Å². The van der Waals surface area contributed by atoms with E-state index in [9.17, 15) is 9.59 Å². The molecule has 0 aliphatic heterocycles. The number of carbonyl (C=O) groups excluding carboxylic acids is 1. The Morgan fingerprint density at radius 1 is 1.26 bits per heavy atom. The molecule has 0 saturated carbocycles. The molecule has 2 heterocycles. The predicted molar refractivity (Wildman–Crippen MR) is 89.6 cm³/mol. The van der Waals surface area contributed by atoms with Gasteiger partial charge in [0.2, 0.25) is 5.91 Å². The van der Waals surface area contributed by atoms with Gasteiger partial charge >= 0.3 is 5.69 Å². The van der Waals surface area contributed by atoms with Gasteiger partial charge in [-0.3, -0.25) is 13.9 Å². The van der Waals surface area contributed by atoms with E-state index >= 15 is 0 Å². The molecule has 1 amide bonds. The number of aromatic nitrogens is 3. The highest BCUT2D eigenvalue weighted by molar-refractivity contribution is 5.92. The predicted octanol–water partition coefficient (Wildman–Crippen LogP) is 1.77. The van der Waals surface area contributed by atoms with Gasteiger partial charge in [0, 0.05) is 21.0 Å². The monoisotopic (exact) mass is 310 g/mol. The van der Waals surface area contributed by atoms with Gasteiger partial charge in [0.25, 0.3) is 0 Å². The number of carbonyl (C=O) groups is 1. The van der Waals surface area contributed by atoms with E-state index in [1.165, 1.54) is 16.4 Å². The zero-order chi connectivity index (χ0) is 16.6. The van der Waals surface area contributed by atoms with E-state index in [4.69, 9.17) is 0 Å². The standard InChI is InChI=1S/C17H18N4O2/c1-12(22)19(2)14-9-15-16(18-10-14)20(3)17(23)21(15)11-13-7-5-4-6-8-13/h4-10H,11H2,1-3H3. The van der Waals surface area contributed by atoms with Crippen LogP contribution in [0.2, 0.25) is 0 Å². The van der Waals surface area contributed by atoms with Gasteiger partial charge in [0.05, 0.1) is 23.9 Å². The third-order valence-electron chi connectivity index (χ3n) is 4.00. The van der Waals surface area contributed by atoms with Crippen molar-refractivity contribution in [2.45, 2.75) is 13.5 Å². The maximum atomic E-state index is 12.5. The number of hydrogen-bond acceptors (Lipinski definition) is 3. The molecule has 6 heteroatoms. The minimum Gasteiger partial charge on any atom is -0.314 e. The number of aryl methyl sites for hydroxylation is 1. The summed E-state index contributed by atoms with van der Waals surface area (Å²) in [7, 11) is 3.39. The summed E-state index contributed by atoms with van der Waals surface area (Å²) in [6.45, 7) is 1.96. The Kier molecular flexibility index (Phi) is 3.73. The lowest BCUT2D eigenvalue weighted by Gasteiger charge is -2.14. The molecule has 0 aliphatic rings. The van der Waals surface area contributed by atoms with Gasteiger partial charge < -0.3 is 4.90 Å². The minimum atomic E-state index is -0.126. The molecular formula is C17H18N4O2. The second-order valence-electron chi connectivity index (χ2n) is 5.53. The summed E-state index contributed by atoms with van der Waals surface area (Å²) in [6.07, 6.45) is 1.61. The number of anilines is 1. The molecule has 0 aliphatic carbocycles. The van der Waals surface area contributed by atoms with Crippen LogP contribution in [0.5, 0.6) is 0 Å². The quantitative estimate of drug-likeness (QED) is 0.741. The lowest BCUT2D eigenvalue weighted by Crippen LogP contribution is -2.23. The van der Waals surface area contributed by atoms with Gasteiger partial charge in [-0.15, -0.1) is 0 Å². The van der Waals surface area contributed by atoms with Crippen LogP contribution in [0.25, 0.3) is 11.2 Å². The van der Waals surface area contributed by atoms with Crippen LogP contribution in [0, 0.1) is 0 Å². The summed E-state index contributed by atoms with van der Waals surface area (Å²) in [6, 6.07) is 11.6. The third-order valence-corrected chi connectivity index (χ3v) is 4.00. The van der Waals surface area contributed by atoms with Crippen LogP contribution in [-0.2, 0) is 18.4 Å². The summed E-state index contributed by atoms with van der Waals surface area (Å²) >= 11 is 0. The van der Waals surface area contributed by atoms with Gasteiger partial charge in [0.1, 0.15) is 0 Å². The number of nitrogens with zero attached hydrogens (tertiary/aromatic N) is 4. The van der Waals surface area contributed by atoms with Gasteiger partial charge in [0.15, 0.2) is 5.65 Å². The van der Waals surface area contributed by atoms with Crippen molar-refractivity contribution in [3.8, 4) is 0 Å². The highest BCUT2D eigenvalue weighted by Gasteiger charge is 2.15. The molecule has 0 spiro atoms. The zero-order valence-corrected chi connectivity index (χ0v) is 13.4. The number of hydrogen-bond donors (Lipinski definition) is 0. The Labute approximate surface area is 133 Å². The molecule has 0 unspecified atom stereocenters. The van der Waals surface area contributed by atoms with E-state index in [-0.39, 0.29) is 11.6 Å². The molecule has 0 N–H and O–H groups in total. The molecule has 23 heavy (non-hydrogen) atoms. The average Bonchev–Trinajstić information content (AvgIpc) is 2.79. The van der Waals surface area contributed by atoms with Gasteiger partial charge in [-0.1, -0.05) is 30.3 Å². The molecule has 118 valence electrons. The van der Waals surface area contributed by atoms with Crippen molar-refractivity contribution in [2.24, 2.45) is 7.05 Å². The summed E-state index contributed by atoms with van der Waals surface area (Å²) in [5.41, 5.74) is 2.89. The van der Waals surface area contributed by atoms with Crippen molar-refractivity contribution < 1.29 is 4.79 Å². The fourth-order valence-corrected chi connectivity index (χ4v) is 2.55. The first-order valence-electron chi connectivity index (χ1n) is 7.32. The summed E-state index contributed by atoms with van der Waals surface area (Å²) in [4.78, 5) is 29.9. The van der Waals surface area contributed by atoms with Crippen LogP contribution in [-0.4, -0.2) is 27.1 Å². The Morgan fingerprint density at radius 3 is 2.61 bits per heavy atom. The third kappa shape index (κ3) is 2.63. The van der Waals surface area contributed by atoms with Crippen LogP contribution in [0.1, 0.15) is 12.5 Å². The Hall–Kier alpha value is -2.89. The van der Waals surface area contributed by atoms with Crippen LogP contribution < -0.4 is 10.6 Å². The highest BCUT2D eigenvalue weighted by atomic mass is 16.2. The number of pyridine rings is 1. The van der Waals surface area contributed by atoms with Crippen molar-refractivity contribution in [2.75, 3.05) is 11.9 Å². The Bertz CT molecular complexity index is 925. The largest absolute Gasteiger partial charge is 0.330 e. The summed E-state index contributed by atoms with van der Waals surface area (Å²) < 4.78 is 3.20. The molecule has 0 saturated heterocycles. The number of fused-ring (bicyclic) bond motifs is 1. The molecular weight excluding hydrogens is 292 g/mol. The van der Waals surface area contributed by atoms with Gasteiger partial charge in [-0.2, -0.15) is 0 Å². The molecule has 0 bridgehead atoms. The number of amides is 1. The lowest BCUT2D eigenvalue weighted by atomic mass is 10.2. The van der Waals surface area contributed by atoms with Crippen LogP contribution >= 0.6 is 0 Å². The van der Waals surface area contributed by atoms with Gasteiger partial charge in [-0.25, -0.2) is 9.78 Å². The Balaban J connectivity index is 2.16. The molecule has 0 atom stereocenters. The van der Waals surface area contributed by atoms with Crippen LogP contribution in [0.3, 0.4) is 0 Å². The van der Waals surface area contributed by atoms with E-state index in [1.807, 2.05) is 36.4 Å². The van der Waals surface area contributed by atoms with E-state index in [0.29, 0.717) is 23.4 Å². The van der Waals surface area contributed by atoms with E-state index in [2.05, 4.69) is 4.98 Å². The van der Waals surface area contributed by atoms with Crippen molar-refractivity contribution in [1.29, 1.82) is 0 Å². The van der Waals surface area contributed by atoms with Gasteiger partial charge in [-0.05, 0) is 11.6 Å². The van der Waals surface area contributed by atoms with Crippen molar-refractivity contribution in [3.05, 3.63) is 58.6 Å². The fourth-order valence-electron chi connectivity index (χ4n) is 2.55. The molecule has 6 nitrogen and oxygen atoms in total. The molecule has 3 rings (SSSR count). The topological polar surface area (TPSA) is 60.1 Å². The van der Waals surface area contributed by atoms with Crippen LogP contribution in [0.15, 0.2) is 47.4 Å². The zero-order valence-electron chi connectivity index (χ0n) is 13.4. The van der Waals surface area contributed by atoms with Crippen LogP contribution in [0.4, 0.5) is 5.69 Å². The van der Waals surface area contributed by atoms with E-state index in [0.717, 1.165) is 5.56 Å². The molecule has 2 aromatic heterocycles. The normalized spacial score (nSPS) is 10.9. The first-order chi connectivity index (χ1) is 11.0. The smallest absolute Gasteiger partial charge is 0.314 e. The maximum absolute atomic E-state index is 12.5. The number of benzene rings is 1. The van der Waals surface area contributed by atoms with Crippen molar-refractivity contribution >= 4 is 22.8 Å². The first kappa shape index (κ1) is 15.0. The van der Waals surface area contributed by atoms with E-state index < -0.39 is 0 Å². The molecule has 0 fully saturated rings. The Morgan fingerprint density at radius 2 is 1.96 bits per heavy atom. The minimum absolute atomic E-state index is 0.0842. The summed E-state index contributed by atoms with van der Waals surface area (Å²) in [5, 5.41) is 0. The first-order valence-corrected chi connectivity index (χ1v) is 7.32. The fraction of sp³-hybridized carbons (Fsp3) is 0.235. The molecule has 0 radical (unpaired) electrons. The number of imidazole rings is 1. The molecule has 1 aromatic carbocycles. The van der Waals surface area contributed by atoms with Crippen molar-refractivity contribution in [3.63, 3.8) is 0 Å². The second kappa shape index (κ2) is 5.72. The number of rotatable bonds is 3. The maximum Gasteiger partial charge on any atom is 0.330 e. The SMILES string of the molecule is CC(=O)N(C)c1cnc2c(c1)n(Cc1ccccc1)c(=O)n2C. The average molecular weight is 310 g/mol. The molecule has 3 aromatic rings. The highest BCUT2D eigenvalue weighted by Crippen LogP contribution is 2.19. The second-order valence-corrected chi connectivity index (χ2v) is 5.53. The summed E-state index contributed by atoms with van der Waals surface area (Å²) in [5.74, 6) is -0.0842. The van der Waals surface area contributed by atoms with Crippen molar-refractivity contribution in [1.82, 2.24) is 14.1 Å².